The molecule has 5 heteroatoms. The number of rotatable bonds is 5. The van der Waals surface area contributed by atoms with E-state index in [-0.39, 0.29) is 11.6 Å². The predicted molar refractivity (Wildman–Crippen MR) is 70.2 cm³/mol. The van der Waals surface area contributed by atoms with Crippen molar-refractivity contribution < 1.29 is 9.72 Å². The lowest BCUT2D eigenvalue weighted by Gasteiger charge is -2.00. The molecule has 0 fully saturated rings. The first-order chi connectivity index (χ1) is 8.50. The van der Waals surface area contributed by atoms with Crippen LogP contribution < -0.4 is 5.32 Å². The summed E-state index contributed by atoms with van der Waals surface area (Å²) in [6.07, 6.45) is 4.18. The van der Waals surface area contributed by atoms with Crippen LogP contribution in [0.4, 0.5) is 5.69 Å². The highest BCUT2D eigenvalue weighted by Gasteiger charge is 2.10. The van der Waals surface area contributed by atoms with Crippen molar-refractivity contribution in [3.63, 3.8) is 0 Å². The number of nitrogens with zero attached hydrogens (tertiary/aromatic N) is 1. The van der Waals surface area contributed by atoms with E-state index in [1.807, 2.05) is 13.0 Å². The SMILES string of the molecule is CC(=O)NCCC=Cc1cc(C)ccc1[N+](=O)[O-]. The molecule has 0 saturated carbocycles. The molecule has 0 unspecified atom stereocenters. The minimum absolute atomic E-state index is 0.0788. The Bertz CT molecular complexity index is 481. The van der Waals surface area contributed by atoms with Crippen LogP contribution in [0.5, 0.6) is 0 Å². The Labute approximate surface area is 106 Å². The lowest BCUT2D eigenvalue weighted by Crippen LogP contribution is -2.20. The number of carbonyl (C=O) groups is 1. The van der Waals surface area contributed by atoms with E-state index < -0.39 is 4.92 Å². The smallest absolute Gasteiger partial charge is 0.276 e. The zero-order valence-corrected chi connectivity index (χ0v) is 10.5. The van der Waals surface area contributed by atoms with Gasteiger partial charge in [0.2, 0.25) is 5.91 Å². The normalized spacial score (nSPS) is 10.6. The molecule has 0 saturated heterocycles. The summed E-state index contributed by atoms with van der Waals surface area (Å²) in [5, 5.41) is 13.5. The second kappa shape index (κ2) is 6.54. The van der Waals surface area contributed by atoms with Crippen molar-refractivity contribution in [3.8, 4) is 0 Å². The Balaban J connectivity index is 2.70. The van der Waals surface area contributed by atoms with E-state index in [1.165, 1.54) is 13.0 Å². The highest BCUT2D eigenvalue weighted by molar-refractivity contribution is 5.72. The van der Waals surface area contributed by atoms with Gasteiger partial charge in [0.1, 0.15) is 0 Å². The van der Waals surface area contributed by atoms with Crippen molar-refractivity contribution in [2.75, 3.05) is 6.54 Å². The lowest BCUT2D eigenvalue weighted by atomic mass is 10.1. The topological polar surface area (TPSA) is 72.2 Å². The Hall–Kier alpha value is -2.17. The zero-order valence-electron chi connectivity index (χ0n) is 10.5. The molecule has 0 spiro atoms. The first kappa shape index (κ1) is 13.9. The van der Waals surface area contributed by atoms with Gasteiger partial charge in [-0.25, -0.2) is 0 Å². The predicted octanol–water partition coefficient (Wildman–Crippen LogP) is 2.44. The average Bonchev–Trinajstić information content (AvgIpc) is 2.27. The molecule has 1 N–H and O–H groups in total. The Morgan fingerprint density at radius 3 is 2.83 bits per heavy atom. The van der Waals surface area contributed by atoms with Crippen molar-refractivity contribution >= 4 is 17.7 Å². The summed E-state index contributed by atoms with van der Waals surface area (Å²) in [5.74, 6) is -0.0788. The molecule has 0 aromatic heterocycles. The second-order valence-electron chi connectivity index (χ2n) is 3.99. The molecule has 0 aliphatic heterocycles. The van der Waals surface area contributed by atoms with Gasteiger partial charge in [-0.3, -0.25) is 14.9 Å². The molecule has 5 nitrogen and oxygen atoms in total. The van der Waals surface area contributed by atoms with Gasteiger partial charge in [-0.15, -0.1) is 0 Å². The van der Waals surface area contributed by atoms with Gasteiger partial charge in [0, 0.05) is 19.5 Å². The Morgan fingerprint density at radius 1 is 1.50 bits per heavy atom. The largest absolute Gasteiger partial charge is 0.356 e. The molecular weight excluding hydrogens is 232 g/mol. The maximum Gasteiger partial charge on any atom is 0.276 e. The van der Waals surface area contributed by atoms with Crippen LogP contribution in [0.3, 0.4) is 0 Å². The van der Waals surface area contributed by atoms with Gasteiger partial charge < -0.3 is 5.32 Å². The van der Waals surface area contributed by atoms with E-state index in [2.05, 4.69) is 5.32 Å². The fourth-order valence-electron chi connectivity index (χ4n) is 1.52. The van der Waals surface area contributed by atoms with Crippen LogP contribution in [0.2, 0.25) is 0 Å². The van der Waals surface area contributed by atoms with E-state index in [0.717, 1.165) is 5.56 Å². The first-order valence-corrected chi connectivity index (χ1v) is 5.66. The third-order valence-electron chi connectivity index (χ3n) is 2.36. The van der Waals surface area contributed by atoms with Gasteiger partial charge in [-0.2, -0.15) is 0 Å². The molecule has 0 atom stereocenters. The maximum atomic E-state index is 10.8. The van der Waals surface area contributed by atoms with E-state index in [0.29, 0.717) is 18.5 Å². The molecule has 1 amide bonds. The highest BCUT2D eigenvalue weighted by atomic mass is 16.6. The molecule has 0 aliphatic rings. The number of amides is 1. The summed E-state index contributed by atoms with van der Waals surface area (Å²) in [5.41, 5.74) is 1.65. The fraction of sp³-hybridized carbons (Fsp3) is 0.308. The third kappa shape index (κ3) is 4.37. The molecule has 0 bridgehead atoms. The minimum atomic E-state index is -0.396. The molecule has 1 rings (SSSR count). The van der Waals surface area contributed by atoms with Gasteiger partial charge in [0.15, 0.2) is 0 Å². The third-order valence-corrected chi connectivity index (χ3v) is 2.36. The summed E-state index contributed by atoms with van der Waals surface area (Å²) < 4.78 is 0. The van der Waals surface area contributed by atoms with Gasteiger partial charge in [0.25, 0.3) is 5.69 Å². The van der Waals surface area contributed by atoms with Gasteiger partial charge in [0.05, 0.1) is 10.5 Å². The Kier molecular flexibility index (Phi) is 5.05. The summed E-state index contributed by atoms with van der Waals surface area (Å²) in [6.45, 7) is 3.87. The van der Waals surface area contributed by atoms with Crippen molar-refractivity contribution in [1.29, 1.82) is 0 Å². The number of hydrogen-bond acceptors (Lipinski definition) is 3. The second-order valence-corrected chi connectivity index (χ2v) is 3.99. The number of benzene rings is 1. The van der Waals surface area contributed by atoms with Crippen LogP contribution in [-0.4, -0.2) is 17.4 Å². The Morgan fingerprint density at radius 2 is 2.22 bits per heavy atom. The van der Waals surface area contributed by atoms with E-state index in [9.17, 15) is 14.9 Å². The number of nitro benzene ring substituents is 1. The van der Waals surface area contributed by atoms with Crippen LogP contribution in [0, 0.1) is 17.0 Å². The number of carbonyl (C=O) groups excluding carboxylic acids is 1. The molecule has 1 aromatic rings. The van der Waals surface area contributed by atoms with Crippen LogP contribution in [-0.2, 0) is 4.79 Å². The monoisotopic (exact) mass is 248 g/mol. The summed E-state index contributed by atoms with van der Waals surface area (Å²) >= 11 is 0. The van der Waals surface area contributed by atoms with Gasteiger partial charge in [-0.1, -0.05) is 23.8 Å². The number of aryl methyl sites for hydroxylation is 1. The van der Waals surface area contributed by atoms with Crippen LogP contribution in [0.15, 0.2) is 24.3 Å². The van der Waals surface area contributed by atoms with Gasteiger partial charge in [-0.05, 0) is 19.4 Å². The number of hydrogen-bond donors (Lipinski definition) is 1. The minimum Gasteiger partial charge on any atom is -0.356 e. The van der Waals surface area contributed by atoms with Crippen molar-refractivity contribution in [2.45, 2.75) is 20.3 Å². The molecule has 0 heterocycles. The molecule has 18 heavy (non-hydrogen) atoms. The first-order valence-electron chi connectivity index (χ1n) is 5.66. The molecular formula is C13H16N2O3. The quantitative estimate of drug-likeness (QED) is 0.494. The van der Waals surface area contributed by atoms with Crippen LogP contribution >= 0.6 is 0 Å². The van der Waals surface area contributed by atoms with Crippen molar-refractivity contribution in [3.05, 3.63) is 45.5 Å². The average molecular weight is 248 g/mol. The molecule has 1 aromatic carbocycles. The van der Waals surface area contributed by atoms with Crippen LogP contribution in [0.1, 0.15) is 24.5 Å². The fourth-order valence-corrected chi connectivity index (χ4v) is 1.52. The van der Waals surface area contributed by atoms with Gasteiger partial charge >= 0.3 is 0 Å². The summed E-state index contributed by atoms with van der Waals surface area (Å²) in [7, 11) is 0. The standard InChI is InChI=1S/C13H16N2O3/c1-10-6-7-13(15(17)18)12(9-10)5-3-4-8-14-11(2)16/h3,5-7,9H,4,8H2,1-2H3,(H,14,16). The molecule has 0 radical (unpaired) electrons. The highest BCUT2D eigenvalue weighted by Crippen LogP contribution is 2.21. The lowest BCUT2D eigenvalue weighted by molar-refractivity contribution is -0.385. The van der Waals surface area contributed by atoms with E-state index in [1.54, 1.807) is 18.2 Å². The number of nitrogens with one attached hydrogen (secondary N) is 1. The summed E-state index contributed by atoms with van der Waals surface area (Å²) in [4.78, 5) is 21.1. The maximum absolute atomic E-state index is 10.8. The number of nitro groups is 1. The van der Waals surface area contributed by atoms with Crippen molar-refractivity contribution in [2.24, 2.45) is 0 Å². The van der Waals surface area contributed by atoms with E-state index >= 15 is 0 Å². The summed E-state index contributed by atoms with van der Waals surface area (Å²) in [6, 6.07) is 4.99. The zero-order chi connectivity index (χ0) is 13.5. The van der Waals surface area contributed by atoms with E-state index in [4.69, 9.17) is 0 Å². The molecule has 96 valence electrons. The molecule has 0 aliphatic carbocycles. The van der Waals surface area contributed by atoms with Crippen LogP contribution in [0.25, 0.3) is 6.08 Å². The van der Waals surface area contributed by atoms with Crippen molar-refractivity contribution in [1.82, 2.24) is 5.32 Å².